The number of anilines is 1. The van der Waals surface area contributed by atoms with Crippen LogP contribution >= 0.6 is 11.3 Å². The number of carbonyl (C=O) groups is 2. The number of aromatic nitrogens is 2. The minimum absolute atomic E-state index is 0.251. The molecule has 5 aromatic rings. The second kappa shape index (κ2) is 9.78. The van der Waals surface area contributed by atoms with Gasteiger partial charge in [0, 0.05) is 10.9 Å². The van der Waals surface area contributed by atoms with Crippen LogP contribution in [0, 0.1) is 0 Å². The normalized spacial score (nSPS) is 10.8. The summed E-state index contributed by atoms with van der Waals surface area (Å²) in [5.41, 5.74) is 3.60. The summed E-state index contributed by atoms with van der Waals surface area (Å²) < 4.78 is 16.3. The van der Waals surface area contributed by atoms with Gasteiger partial charge < -0.3 is 13.9 Å². The highest BCUT2D eigenvalue weighted by Gasteiger charge is 2.19. The van der Waals surface area contributed by atoms with Gasteiger partial charge in [-0.05, 0) is 36.4 Å². The van der Waals surface area contributed by atoms with E-state index in [9.17, 15) is 9.59 Å². The minimum atomic E-state index is -0.658. The molecule has 0 saturated heterocycles. The Hall–Kier alpha value is -4.50. The Labute approximate surface area is 204 Å². The number of methoxy groups -OCH3 is 1. The van der Waals surface area contributed by atoms with Crippen LogP contribution in [-0.2, 0) is 9.53 Å². The van der Waals surface area contributed by atoms with Crippen molar-refractivity contribution in [1.82, 2.24) is 9.97 Å². The Morgan fingerprint density at radius 2 is 1.83 bits per heavy atom. The van der Waals surface area contributed by atoms with Crippen LogP contribution in [0.4, 0.5) is 5.13 Å². The van der Waals surface area contributed by atoms with Crippen LogP contribution in [0.5, 0.6) is 5.75 Å². The average molecular weight is 486 g/mol. The van der Waals surface area contributed by atoms with Crippen LogP contribution in [0.25, 0.3) is 33.8 Å². The molecule has 8 nitrogen and oxygen atoms in total. The summed E-state index contributed by atoms with van der Waals surface area (Å²) in [5.74, 6) is -0.138. The third-order valence-electron chi connectivity index (χ3n) is 5.12. The van der Waals surface area contributed by atoms with Crippen LogP contribution < -0.4 is 10.1 Å². The van der Waals surface area contributed by atoms with E-state index >= 15 is 0 Å². The zero-order valence-electron chi connectivity index (χ0n) is 18.6. The molecular formula is C26H19N3O5S. The van der Waals surface area contributed by atoms with Gasteiger partial charge in [0.15, 0.2) is 17.3 Å². The number of oxazole rings is 1. The Morgan fingerprint density at radius 1 is 1.00 bits per heavy atom. The van der Waals surface area contributed by atoms with Crippen molar-refractivity contribution in [3.8, 4) is 28.5 Å². The van der Waals surface area contributed by atoms with Crippen molar-refractivity contribution in [1.29, 1.82) is 0 Å². The number of rotatable bonds is 7. The first-order chi connectivity index (χ1) is 17.1. The highest BCUT2D eigenvalue weighted by atomic mass is 32.1. The topological polar surface area (TPSA) is 104 Å². The fraction of sp³-hybridized carbons (Fsp3) is 0.0769. The molecule has 0 atom stereocenters. The predicted octanol–water partition coefficient (Wildman–Crippen LogP) is 5.42. The van der Waals surface area contributed by atoms with Gasteiger partial charge in [0.1, 0.15) is 11.3 Å². The molecular weight excluding hydrogens is 466 g/mol. The summed E-state index contributed by atoms with van der Waals surface area (Å²) in [4.78, 5) is 34.0. The zero-order valence-corrected chi connectivity index (χ0v) is 19.4. The molecule has 2 heterocycles. The summed E-state index contributed by atoms with van der Waals surface area (Å²) in [5, 5.41) is 4.89. The summed E-state index contributed by atoms with van der Waals surface area (Å²) in [6.07, 6.45) is 0. The van der Waals surface area contributed by atoms with Crippen molar-refractivity contribution < 1.29 is 23.5 Å². The molecule has 0 fully saturated rings. The average Bonchev–Trinajstić information content (AvgIpc) is 3.54. The molecule has 0 aliphatic rings. The lowest BCUT2D eigenvalue weighted by Crippen LogP contribution is -2.21. The first-order valence-corrected chi connectivity index (χ1v) is 11.5. The molecule has 9 heteroatoms. The van der Waals surface area contributed by atoms with E-state index in [1.165, 1.54) is 11.3 Å². The van der Waals surface area contributed by atoms with Gasteiger partial charge in [0.2, 0.25) is 5.89 Å². The summed E-state index contributed by atoms with van der Waals surface area (Å²) in [7, 11) is 1.60. The number of benzene rings is 3. The van der Waals surface area contributed by atoms with E-state index in [0.29, 0.717) is 39.1 Å². The number of nitrogens with one attached hydrogen (secondary N) is 1. The molecule has 0 saturated carbocycles. The quantitative estimate of drug-likeness (QED) is 0.307. The number of para-hydroxylation sites is 2. The van der Waals surface area contributed by atoms with Crippen LogP contribution in [0.3, 0.4) is 0 Å². The Kier molecular flexibility index (Phi) is 6.23. The van der Waals surface area contributed by atoms with Gasteiger partial charge in [-0.1, -0.05) is 36.4 Å². The highest BCUT2D eigenvalue weighted by Crippen LogP contribution is 2.28. The number of nitrogens with zero attached hydrogens (tertiary/aromatic N) is 2. The van der Waals surface area contributed by atoms with Gasteiger partial charge >= 0.3 is 5.97 Å². The maximum Gasteiger partial charge on any atom is 0.339 e. The summed E-state index contributed by atoms with van der Waals surface area (Å²) in [6.45, 7) is -0.463. The monoisotopic (exact) mass is 485 g/mol. The highest BCUT2D eigenvalue weighted by molar-refractivity contribution is 7.14. The standard InChI is InChI=1S/C26H19N3O5S/c1-32-17-8-6-7-16(13-17)21-15-35-26(28-21)29-23(30)14-33-25(31)19-10-3-2-9-18(19)24-27-20-11-4-5-12-22(20)34-24/h2-13,15H,14H2,1H3,(H,28,29,30). The largest absolute Gasteiger partial charge is 0.497 e. The fourth-order valence-corrected chi connectivity index (χ4v) is 4.18. The van der Waals surface area contributed by atoms with E-state index in [4.69, 9.17) is 13.9 Å². The fourth-order valence-electron chi connectivity index (χ4n) is 3.45. The molecule has 1 N–H and O–H groups in total. The summed E-state index contributed by atoms with van der Waals surface area (Å²) >= 11 is 1.27. The zero-order chi connectivity index (χ0) is 24.2. The molecule has 0 aliphatic carbocycles. The van der Waals surface area contributed by atoms with Crippen molar-refractivity contribution >= 4 is 39.4 Å². The van der Waals surface area contributed by atoms with Crippen LogP contribution in [-0.4, -0.2) is 35.6 Å². The second-order valence-corrected chi connectivity index (χ2v) is 8.28. The molecule has 0 unspecified atom stereocenters. The molecule has 5 rings (SSSR count). The van der Waals surface area contributed by atoms with Gasteiger partial charge in [0.05, 0.1) is 23.9 Å². The van der Waals surface area contributed by atoms with Crippen molar-refractivity contribution in [3.63, 3.8) is 0 Å². The number of thiazole rings is 1. The van der Waals surface area contributed by atoms with E-state index in [0.717, 1.165) is 5.56 Å². The predicted molar refractivity (Wildman–Crippen MR) is 132 cm³/mol. The maximum atomic E-state index is 12.8. The number of fused-ring (bicyclic) bond motifs is 1. The molecule has 174 valence electrons. The van der Waals surface area contributed by atoms with Crippen LogP contribution in [0.2, 0.25) is 0 Å². The molecule has 3 aromatic carbocycles. The molecule has 0 aliphatic heterocycles. The number of carbonyl (C=O) groups excluding carboxylic acids is 2. The van der Waals surface area contributed by atoms with E-state index < -0.39 is 18.5 Å². The van der Waals surface area contributed by atoms with Gasteiger partial charge in [-0.15, -0.1) is 11.3 Å². The van der Waals surface area contributed by atoms with E-state index in [1.807, 2.05) is 47.8 Å². The third-order valence-corrected chi connectivity index (χ3v) is 5.88. The smallest absolute Gasteiger partial charge is 0.339 e. The van der Waals surface area contributed by atoms with Crippen molar-refractivity contribution in [2.75, 3.05) is 19.0 Å². The van der Waals surface area contributed by atoms with Crippen molar-refractivity contribution in [3.05, 3.63) is 83.7 Å². The van der Waals surface area contributed by atoms with Crippen molar-refractivity contribution in [2.24, 2.45) is 0 Å². The number of ether oxygens (including phenoxy) is 2. The van der Waals surface area contributed by atoms with E-state index in [2.05, 4.69) is 15.3 Å². The number of esters is 1. The Bertz CT molecular complexity index is 1490. The van der Waals surface area contributed by atoms with Crippen LogP contribution in [0.15, 0.2) is 82.6 Å². The lowest BCUT2D eigenvalue weighted by Gasteiger charge is -2.07. The molecule has 0 spiro atoms. The Balaban J connectivity index is 1.24. The van der Waals surface area contributed by atoms with E-state index in [1.54, 1.807) is 37.4 Å². The lowest BCUT2D eigenvalue weighted by atomic mass is 10.1. The molecule has 35 heavy (non-hydrogen) atoms. The number of amides is 1. The Morgan fingerprint density at radius 3 is 2.69 bits per heavy atom. The van der Waals surface area contributed by atoms with E-state index in [-0.39, 0.29) is 5.56 Å². The third kappa shape index (κ3) is 4.90. The van der Waals surface area contributed by atoms with Crippen molar-refractivity contribution in [2.45, 2.75) is 0 Å². The lowest BCUT2D eigenvalue weighted by molar-refractivity contribution is -0.119. The maximum absolute atomic E-state index is 12.8. The number of hydrogen-bond acceptors (Lipinski definition) is 8. The second-order valence-electron chi connectivity index (χ2n) is 7.43. The summed E-state index contributed by atoms with van der Waals surface area (Å²) in [6, 6.07) is 21.6. The molecule has 0 radical (unpaired) electrons. The first kappa shape index (κ1) is 22.3. The number of hydrogen-bond donors (Lipinski definition) is 1. The molecule has 1 amide bonds. The van der Waals surface area contributed by atoms with Gasteiger partial charge in [-0.3, -0.25) is 10.1 Å². The van der Waals surface area contributed by atoms with Crippen LogP contribution in [0.1, 0.15) is 10.4 Å². The molecule has 0 bridgehead atoms. The van der Waals surface area contributed by atoms with Gasteiger partial charge in [-0.2, -0.15) is 0 Å². The minimum Gasteiger partial charge on any atom is -0.497 e. The SMILES string of the molecule is COc1cccc(-c2csc(NC(=O)COC(=O)c3ccccc3-c3nc4ccccc4o3)n2)c1. The van der Waals surface area contributed by atoms with Gasteiger partial charge in [0.25, 0.3) is 5.91 Å². The van der Waals surface area contributed by atoms with Gasteiger partial charge in [-0.25, -0.2) is 14.8 Å². The first-order valence-electron chi connectivity index (χ1n) is 10.6. The molecule has 2 aromatic heterocycles.